The van der Waals surface area contributed by atoms with Crippen LogP contribution in [0.25, 0.3) is 10.2 Å². The van der Waals surface area contributed by atoms with E-state index in [1.54, 1.807) is 6.92 Å². The molecule has 2 aliphatic rings. The van der Waals surface area contributed by atoms with Gasteiger partial charge in [0.1, 0.15) is 5.82 Å². The number of carbonyl (C=O) groups is 2. The smallest absolute Gasteiger partial charge is 0.341 e. The number of aromatic nitrogens is 4. The molecule has 1 N–H and O–H groups in total. The minimum atomic E-state index is -0.415. The van der Waals surface area contributed by atoms with Crippen molar-refractivity contribution in [3.8, 4) is 0 Å². The SMILES string of the molecule is CCOC(=O)c1cnc(N2CCC(CNC(=O)c3cc4nc(C)nc(N5CCOCC5)c4s3)CC2)nc1. The number of nitrogens with zero attached hydrogens (tertiary/aromatic N) is 6. The van der Waals surface area contributed by atoms with Crippen molar-refractivity contribution in [2.45, 2.75) is 26.7 Å². The average molecular weight is 526 g/mol. The molecule has 2 saturated heterocycles. The molecule has 0 unspecified atom stereocenters. The van der Waals surface area contributed by atoms with Gasteiger partial charge in [-0.25, -0.2) is 24.7 Å². The molecule has 37 heavy (non-hydrogen) atoms. The number of aryl methyl sites for hydroxylation is 1. The van der Waals surface area contributed by atoms with Crippen LogP contribution in [0.5, 0.6) is 0 Å². The van der Waals surface area contributed by atoms with E-state index in [0.29, 0.717) is 54.5 Å². The van der Waals surface area contributed by atoms with Crippen LogP contribution in [0.1, 0.15) is 45.6 Å². The van der Waals surface area contributed by atoms with Gasteiger partial charge in [0.05, 0.1) is 40.5 Å². The molecule has 0 radical (unpaired) electrons. The van der Waals surface area contributed by atoms with Crippen molar-refractivity contribution in [2.24, 2.45) is 5.92 Å². The van der Waals surface area contributed by atoms with Crippen LogP contribution in [0.2, 0.25) is 0 Å². The van der Waals surface area contributed by atoms with E-state index in [1.807, 2.05) is 13.0 Å². The molecule has 3 aromatic heterocycles. The van der Waals surface area contributed by atoms with Crippen LogP contribution >= 0.6 is 11.3 Å². The molecular weight excluding hydrogens is 494 g/mol. The number of rotatable bonds is 7. The number of morpholine rings is 1. The lowest BCUT2D eigenvalue weighted by Crippen LogP contribution is -2.39. The highest BCUT2D eigenvalue weighted by Gasteiger charge is 2.24. The number of esters is 1. The third-order valence-corrected chi connectivity index (χ3v) is 7.72. The molecule has 0 bridgehead atoms. The van der Waals surface area contributed by atoms with Gasteiger partial charge in [0, 0.05) is 45.1 Å². The van der Waals surface area contributed by atoms with Gasteiger partial charge in [-0.2, -0.15) is 0 Å². The molecule has 5 heterocycles. The van der Waals surface area contributed by atoms with E-state index in [9.17, 15) is 9.59 Å². The summed E-state index contributed by atoms with van der Waals surface area (Å²) < 4.78 is 11.4. The van der Waals surface area contributed by atoms with Crippen molar-refractivity contribution >= 4 is 45.2 Å². The number of hydrogen-bond donors (Lipinski definition) is 1. The highest BCUT2D eigenvalue weighted by molar-refractivity contribution is 7.21. The highest BCUT2D eigenvalue weighted by Crippen LogP contribution is 2.32. The highest BCUT2D eigenvalue weighted by atomic mass is 32.1. The molecule has 2 aliphatic heterocycles. The van der Waals surface area contributed by atoms with Crippen LogP contribution in [0.4, 0.5) is 11.8 Å². The van der Waals surface area contributed by atoms with Gasteiger partial charge < -0.3 is 24.6 Å². The molecule has 11 nitrogen and oxygen atoms in total. The number of anilines is 2. The predicted molar refractivity (Wildman–Crippen MR) is 140 cm³/mol. The van der Waals surface area contributed by atoms with E-state index < -0.39 is 5.97 Å². The maximum atomic E-state index is 13.0. The minimum absolute atomic E-state index is 0.0751. The molecule has 3 aromatic rings. The number of hydrogen-bond acceptors (Lipinski definition) is 11. The van der Waals surface area contributed by atoms with Crippen molar-refractivity contribution in [3.63, 3.8) is 0 Å². The number of ether oxygens (including phenoxy) is 2. The second-order valence-electron chi connectivity index (χ2n) is 9.15. The van der Waals surface area contributed by atoms with Crippen LogP contribution in [0.3, 0.4) is 0 Å². The molecule has 0 spiro atoms. The molecule has 0 saturated carbocycles. The number of nitrogens with one attached hydrogen (secondary N) is 1. The Labute approximate surface area is 219 Å². The summed E-state index contributed by atoms with van der Waals surface area (Å²) in [7, 11) is 0. The molecule has 0 aromatic carbocycles. The summed E-state index contributed by atoms with van der Waals surface area (Å²) in [5.41, 5.74) is 1.16. The largest absolute Gasteiger partial charge is 0.462 e. The molecule has 0 atom stereocenters. The third kappa shape index (κ3) is 5.80. The zero-order chi connectivity index (χ0) is 25.8. The molecule has 196 valence electrons. The first-order chi connectivity index (χ1) is 18.0. The number of thiophene rings is 1. The van der Waals surface area contributed by atoms with Crippen LogP contribution in [0.15, 0.2) is 18.5 Å². The summed E-state index contributed by atoms with van der Waals surface area (Å²) in [5, 5.41) is 3.12. The maximum absolute atomic E-state index is 13.0. The second-order valence-corrected chi connectivity index (χ2v) is 10.2. The topological polar surface area (TPSA) is 123 Å². The van der Waals surface area contributed by atoms with E-state index in [1.165, 1.54) is 23.7 Å². The number of fused-ring (bicyclic) bond motifs is 1. The second kappa shape index (κ2) is 11.3. The summed E-state index contributed by atoms with van der Waals surface area (Å²) in [6, 6.07) is 1.87. The van der Waals surface area contributed by atoms with Crippen LogP contribution in [-0.4, -0.2) is 84.4 Å². The van der Waals surface area contributed by atoms with Crippen molar-refractivity contribution in [1.29, 1.82) is 0 Å². The van der Waals surface area contributed by atoms with E-state index in [-0.39, 0.29) is 5.91 Å². The van der Waals surface area contributed by atoms with Crippen molar-refractivity contribution in [3.05, 3.63) is 34.7 Å². The number of amides is 1. The monoisotopic (exact) mass is 525 g/mol. The Morgan fingerprint density at radius 3 is 2.54 bits per heavy atom. The zero-order valence-corrected chi connectivity index (χ0v) is 21.9. The van der Waals surface area contributed by atoms with Gasteiger partial charge in [0.25, 0.3) is 5.91 Å². The first kappa shape index (κ1) is 25.3. The van der Waals surface area contributed by atoms with Crippen molar-refractivity contribution in [2.75, 3.05) is 62.3 Å². The standard InChI is InChI=1S/C25H31N7O4S/c1-3-36-24(34)18-14-27-25(28-15-18)32-6-4-17(5-7-32)13-26-23(33)20-12-19-21(37-20)22(30-16(2)29-19)31-8-10-35-11-9-31/h12,14-15,17H,3-11,13H2,1-2H3,(H,26,33). The van der Waals surface area contributed by atoms with Gasteiger partial charge in [-0.05, 0) is 38.7 Å². The molecule has 1 amide bonds. The lowest BCUT2D eigenvalue weighted by atomic mass is 9.97. The average Bonchev–Trinajstić information content (AvgIpc) is 3.36. The summed E-state index contributed by atoms with van der Waals surface area (Å²) >= 11 is 1.45. The van der Waals surface area contributed by atoms with E-state index in [4.69, 9.17) is 9.47 Å². The van der Waals surface area contributed by atoms with E-state index >= 15 is 0 Å². The normalized spacial score (nSPS) is 16.7. The van der Waals surface area contributed by atoms with Crippen molar-refractivity contribution < 1.29 is 19.1 Å². The van der Waals surface area contributed by atoms with Gasteiger partial charge in [-0.1, -0.05) is 0 Å². The Bertz CT molecular complexity index is 1250. The predicted octanol–water partition coefficient (Wildman–Crippen LogP) is 2.45. The Morgan fingerprint density at radius 1 is 1.11 bits per heavy atom. The number of piperidine rings is 1. The summed E-state index contributed by atoms with van der Waals surface area (Å²) in [6.45, 7) is 9.07. The van der Waals surface area contributed by atoms with E-state index in [2.05, 4.69) is 35.1 Å². The fourth-order valence-corrected chi connectivity index (χ4v) is 5.63. The summed E-state index contributed by atoms with van der Waals surface area (Å²) in [4.78, 5) is 47.7. The quantitative estimate of drug-likeness (QED) is 0.460. The van der Waals surface area contributed by atoms with Crippen LogP contribution < -0.4 is 15.1 Å². The lowest BCUT2D eigenvalue weighted by molar-refractivity contribution is 0.0525. The first-order valence-electron chi connectivity index (χ1n) is 12.6. The molecule has 2 fully saturated rings. The van der Waals surface area contributed by atoms with E-state index in [0.717, 1.165) is 55.1 Å². The van der Waals surface area contributed by atoms with Gasteiger partial charge in [0.2, 0.25) is 5.95 Å². The fourth-order valence-electron chi connectivity index (χ4n) is 4.59. The summed E-state index contributed by atoms with van der Waals surface area (Å²) in [6.07, 6.45) is 4.85. The van der Waals surface area contributed by atoms with Gasteiger partial charge in [-0.3, -0.25) is 4.79 Å². The molecule has 5 rings (SSSR count). The molecule has 12 heteroatoms. The Hall–Kier alpha value is -3.38. The summed E-state index contributed by atoms with van der Waals surface area (Å²) in [5.74, 6) is 2.08. The zero-order valence-electron chi connectivity index (χ0n) is 21.1. The minimum Gasteiger partial charge on any atom is -0.462 e. The molecule has 0 aliphatic carbocycles. The fraction of sp³-hybridized carbons (Fsp3) is 0.520. The molecular formula is C25H31N7O4S. The maximum Gasteiger partial charge on any atom is 0.341 e. The van der Waals surface area contributed by atoms with Crippen molar-refractivity contribution in [1.82, 2.24) is 25.3 Å². The number of carbonyl (C=O) groups excluding carboxylic acids is 2. The third-order valence-electron chi connectivity index (χ3n) is 6.60. The Morgan fingerprint density at radius 2 is 1.84 bits per heavy atom. The van der Waals surface area contributed by atoms with Gasteiger partial charge in [0.15, 0.2) is 5.82 Å². The van der Waals surface area contributed by atoms with Crippen LogP contribution in [-0.2, 0) is 9.47 Å². The first-order valence-corrected chi connectivity index (χ1v) is 13.5. The Balaban J connectivity index is 1.16. The van der Waals surface area contributed by atoms with Gasteiger partial charge >= 0.3 is 5.97 Å². The van der Waals surface area contributed by atoms with Gasteiger partial charge in [-0.15, -0.1) is 11.3 Å². The lowest BCUT2D eigenvalue weighted by Gasteiger charge is -2.32. The Kier molecular flexibility index (Phi) is 7.75. The van der Waals surface area contributed by atoms with Crippen LogP contribution in [0, 0.1) is 12.8 Å².